The third-order valence-corrected chi connectivity index (χ3v) is 3.12. The molecule has 2 N–H and O–H groups in total. The highest BCUT2D eigenvalue weighted by Gasteiger charge is 2.12. The summed E-state index contributed by atoms with van der Waals surface area (Å²) in [5.41, 5.74) is 1.44. The van der Waals surface area contributed by atoms with Crippen LogP contribution in [0.15, 0.2) is 24.3 Å². The first-order valence-corrected chi connectivity index (χ1v) is 7.07. The predicted molar refractivity (Wildman–Crippen MR) is 84.7 cm³/mol. The lowest BCUT2D eigenvalue weighted by Gasteiger charge is -2.23. The van der Waals surface area contributed by atoms with Crippen LogP contribution in [0.1, 0.15) is 19.4 Å². The molecule has 0 fully saturated rings. The fraction of sp³-hybridized carbons (Fsp3) is 0.333. The Hall–Kier alpha value is -2.01. The van der Waals surface area contributed by atoms with Gasteiger partial charge in [-0.25, -0.2) is 4.79 Å². The van der Waals surface area contributed by atoms with E-state index < -0.39 is 5.97 Å². The van der Waals surface area contributed by atoms with Crippen LogP contribution in [0.3, 0.4) is 0 Å². The molecule has 0 radical (unpaired) electrons. The summed E-state index contributed by atoms with van der Waals surface area (Å²) < 4.78 is 0. The number of hydrogen-bond acceptors (Lipinski definition) is 3. The van der Waals surface area contributed by atoms with Crippen LogP contribution in [0.5, 0.6) is 0 Å². The van der Waals surface area contributed by atoms with Crippen molar-refractivity contribution in [2.24, 2.45) is 0 Å². The van der Waals surface area contributed by atoms with Gasteiger partial charge in [0.1, 0.15) is 0 Å². The number of amides is 1. The summed E-state index contributed by atoms with van der Waals surface area (Å²) in [6.07, 6.45) is 2.52. The average Bonchev–Trinajstić information content (AvgIpc) is 2.43. The van der Waals surface area contributed by atoms with Gasteiger partial charge in [0, 0.05) is 19.2 Å². The summed E-state index contributed by atoms with van der Waals surface area (Å²) in [6, 6.07) is 5.23. The van der Waals surface area contributed by atoms with E-state index in [2.05, 4.69) is 5.32 Å². The number of aliphatic carboxylic acids is 1. The Morgan fingerprint density at radius 2 is 2.10 bits per heavy atom. The van der Waals surface area contributed by atoms with Crippen molar-refractivity contribution in [1.29, 1.82) is 0 Å². The van der Waals surface area contributed by atoms with E-state index in [4.69, 9.17) is 16.7 Å². The molecular weight excluding hydrogens is 292 g/mol. The van der Waals surface area contributed by atoms with Crippen LogP contribution in [0.4, 0.5) is 5.69 Å². The first-order valence-electron chi connectivity index (χ1n) is 6.70. The highest BCUT2D eigenvalue weighted by Crippen LogP contribution is 2.27. The number of carbonyl (C=O) groups excluding carboxylic acids is 1. The minimum atomic E-state index is -1.01. The van der Waals surface area contributed by atoms with Gasteiger partial charge in [-0.1, -0.05) is 17.7 Å². The Morgan fingerprint density at radius 1 is 1.38 bits per heavy atom. The highest BCUT2D eigenvalue weighted by molar-refractivity contribution is 6.33. The number of halogens is 1. The molecule has 0 aliphatic rings. The van der Waals surface area contributed by atoms with Gasteiger partial charge < -0.3 is 15.3 Å². The van der Waals surface area contributed by atoms with Gasteiger partial charge in [0.25, 0.3) is 0 Å². The van der Waals surface area contributed by atoms with Crippen molar-refractivity contribution in [2.45, 2.75) is 13.8 Å². The molecule has 0 heterocycles. The molecule has 1 rings (SSSR count). The zero-order valence-electron chi connectivity index (χ0n) is 12.1. The molecule has 0 atom stereocenters. The maximum absolute atomic E-state index is 11.7. The minimum Gasteiger partial charge on any atom is -0.478 e. The molecule has 0 aliphatic carbocycles. The summed E-state index contributed by atoms with van der Waals surface area (Å²) in [5, 5.41) is 11.8. The molecule has 0 saturated carbocycles. The number of carboxylic acid groups (broad SMARTS) is 1. The van der Waals surface area contributed by atoms with Gasteiger partial charge >= 0.3 is 5.97 Å². The van der Waals surface area contributed by atoms with Crippen molar-refractivity contribution in [3.05, 3.63) is 34.9 Å². The first kappa shape index (κ1) is 17.0. The van der Waals surface area contributed by atoms with Gasteiger partial charge in [0.15, 0.2) is 0 Å². The van der Waals surface area contributed by atoms with Crippen molar-refractivity contribution in [1.82, 2.24) is 5.32 Å². The summed E-state index contributed by atoms with van der Waals surface area (Å²) in [4.78, 5) is 24.0. The molecule has 1 amide bonds. The molecule has 1 aromatic rings. The molecule has 0 unspecified atom stereocenters. The third-order valence-electron chi connectivity index (χ3n) is 2.82. The van der Waals surface area contributed by atoms with E-state index in [0.717, 1.165) is 11.8 Å². The highest BCUT2D eigenvalue weighted by atomic mass is 35.5. The normalized spacial score (nSPS) is 10.6. The standard InChI is InChI=1S/C15H19ClN2O3/c1-3-17-14(19)10-18(4-2)13-7-5-11(9-12(13)16)6-8-15(20)21/h5-9H,3-4,10H2,1-2H3,(H,17,19)(H,20,21)/b8-6+. The van der Waals surface area contributed by atoms with Gasteiger partial charge in [-0.05, 0) is 37.6 Å². The Labute approximate surface area is 129 Å². The number of nitrogens with one attached hydrogen (secondary N) is 1. The van der Waals surface area contributed by atoms with Crippen molar-refractivity contribution in [2.75, 3.05) is 24.5 Å². The fourth-order valence-electron chi connectivity index (χ4n) is 1.84. The number of likely N-dealkylation sites (N-methyl/N-ethyl adjacent to an activating group) is 2. The van der Waals surface area contributed by atoms with Gasteiger partial charge in [-0.3, -0.25) is 4.79 Å². The van der Waals surface area contributed by atoms with Crippen molar-refractivity contribution >= 4 is 35.2 Å². The van der Waals surface area contributed by atoms with E-state index in [-0.39, 0.29) is 12.5 Å². The zero-order valence-corrected chi connectivity index (χ0v) is 12.9. The van der Waals surface area contributed by atoms with E-state index in [0.29, 0.717) is 23.7 Å². The number of nitrogens with zero attached hydrogens (tertiary/aromatic N) is 1. The van der Waals surface area contributed by atoms with Crippen molar-refractivity contribution in [3.63, 3.8) is 0 Å². The van der Waals surface area contributed by atoms with E-state index >= 15 is 0 Å². The molecule has 1 aromatic carbocycles. The van der Waals surface area contributed by atoms with Gasteiger partial charge in [0.05, 0.1) is 17.3 Å². The smallest absolute Gasteiger partial charge is 0.328 e. The number of benzene rings is 1. The Balaban J connectivity index is 2.91. The topological polar surface area (TPSA) is 69.6 Å². The average molecular weight is 311 g/mol. The number of carbonyl (C=O) groups is 2. The largest absolute Gasteiger partial charge is 0.478 e. The van der Waals surface area contributed by atoms with Crippen LogP contribution in [0, 0.1) is 0 Å². The Bertz CT molecular complexity index is 544. The molecule has 0 spiro atoms. The monoisotopic (exact) mass is 310 g/mol. The lowest BCUT2D eigenvalue weighted by Crippen LogP contribution is -2.37. The van der Waals surface area contributed by atoms with Gasteiger partial charge in [-0.2, -0.15) is 0 Å². The van der Waals surface area contributed by atoms with E-state index in [1.54, 1.807) is 18.2 Å². The molecule has 114 valence electrons. The van der Waals surface area contributed by atoms with Crippen LogP contribution in [-0.4, -0.2) is 36.6 Å². The van der Waals surface area contributed by atoms with Crippen molar-refractivity contribution < 1.29 is 14.7 Å². The third kappa shape index (κ3) is 5.47. The van der Waals surface area contributed by atoms with Gasteiger partial charge in [-0.15, -0.1) is 0 Å². The quantitative estimate of drug-likeness (QED) is 0.759. The first-order chi connectivity index (χ1) is 9.97. The molecule has 21 heavy (non-hydrogen) atoms. The lowest BCUT2D eigenvalue weighted by atomic mass is 10.1. The fourth-order valence-corrected chi connectivity index (χ4v) is 2.15. The molecule has 6 heteroatoms. The van der Waals surface area contributed by atoms with Crippen LogP contribution in [0.25, 0.3) is 6.08 Å². The molecular formula is C15H19ClN2O3. The SMILES string of the molecule is CCNC(=O)CN(CC)c1ccc(/C=C/C(=O)O)cc1Cl. The molecule has 0 aromatic heterocycles. The minimum absolute atomic E-state index is 0.0646. The Kier molecular flexibility index (Phi) is 6.75. The maximum atomic E-state index is 11.7. The van der Waals surface area contributed by atoms with Crippen molar-refractivity contribution in [3.8, 4) is 0 Å². The summed E-state index contributed by atoms with van der Waals surface area (Å²) >= 11 is 6.22. The number of carboxylic acids is 1. The van der Waals surface area contributed by atoms with Gasteiger partial charge in [0.2, 0.25) is 5.91 Å². The maximum Gasteiger partial charge on any atom is 0.328 e. The Morgan fingerprint density at radius 3 is 2.62 bits per heavy atom. The van der Waals surface area contributed by atoms with E-state index in [1.165, 1.54) is 6.08 Å². The molecule has 0 aliphatic heterocycles. The van der Waals surface area contributed by atoms with E-state index in [1.807, 2.05) is 18.7 Å². The molecule has 0 saturated heterocycles. The predicted octanol–water partition coefficient (Wildman–Crippen LogP) is 2.40. The summed E-state index contributed by atoms with van der Waals surface area (Å²) in [6.45, 7) is 5.26. The second kappa shape index (κ2) is 8.32. The second-order valence-electron chi connectivity index (χ2n) is 4.35. The summed E-state index contributed by atoms with van der Waals surface area (Å²) in [7, 11) is 0. The molecule has 0 bridgehead atoms. The molecule has 5 nitrogen and oxygen atoms in total. The van der Waals surface area contributed by atoms with Crippen LogP contribution in [-0.2, 0) is 9.59 Å². The summed E-state index contributed by atoms with van der Waals surface area (Å²) in [5.74, 6) is -1.08. The number of anilines is 1. The van der Waals surface area contributed by atoms with Crippen LogP contribution in [0.2, 0.25) is 5.02 Å². The second-order valence-corrected chi connectivity index (χ2v) is 4.76. The van der Waals surface area contributed by atoms with E-state index in [9.17, 15) is 9.59 Å². The lowest BCUT2D eigenvalue weighted by molar-refractivity contribution is -0.131. The number of rotatable bonds is 7. The zero-order chi connectivity index (χ0) is 15.8. The van der Waals surface area contributed by atoms with Crippen LogP contribution >= 0.6 is 11.6 Å². The number of hydrogen-bond donors (Lipinski definition) is 2. The van der Waals surface area contributed by atoms with Crippen LogP contribution < -0.4 is 10.2 Å².